The van der Waals surface area contributed by atoms with Gasteiger partial charge in [-0.15, -0.1) is 5.10 Å². The first-order valence-corrected chi connectivity index (χ1v) is 9.60. The van der Waals surface area contributed by atoms with Crippen molar-refractivity contribution in [1.82, 2.24) is 24.4 Å². The number of likely N-dealkylation sites (N-methyl/N-ethyl adjacent to an activating group) is 1. The van der Waals surface area contributed by atoms with Crippen molar-refractivity contribution >= 4 is 16.3 Å². The van der Waals surface area contributed by atoms with Crippen LogP contribution in [0.5, 0.6) is 5.88 Å². The van der Waals surface area contributed by atoms with Crippen LogP contribution in [0.15, 0.2) is 45.6 Å². The van der Waals surface area contributed by atoms with Crippen molar-refractivity contribution in [3.8, 4) is 17.5 Å². The summed E-state index contributed by atoms with van der Waals surface area (Å²) in [7, 11) is 2.12. The van der Waals surface area contributed by atoms with Crippen LogP contribution in [0.1, 0.15) is 16.7 Å². The maximum atomic E-state index is 10.9. The van der Waals surface area contributed by atoms with Crippen LogP contribution in [-0.2, 0) is 0 Å². The van der Waals surface area contributed by atoms with E-state index in [4.69, 9.17) is 8.83 Å². The summed E-state index contributed by atoms with van der Waals surface area (Å²) in [4.78, 5) is 10.6. The fourth-order valence-corrected chi connectivity index (χ4v) is 4.54. The molecule has 5 heterocycles. The highest BCUT2D eigenvalue weighted by molar-refractivity contribution is 7.17. The zero-order valence-electron chi connectivity index (χ0n) is 14.8. The zero-order valence-corrected chi connectivity index (χ0v) is 15.6. The molecule has 0 radical (unpaired) electrons. The molecule has 0 saturated carbocycles. The lowest BCUT2D eigenvalue weighted by atomic mass is 10.1. The van der Waals surface area contributed by atoms with Crippen LogP contribution in [0.25, 0.3) is 16.5 Å². The third-order valence-corrected chi connectivity index (χ3v) is 5.98. The van der Waals surface area contributed by atoms with Gasteiger partial charge in [0.2, 0.25) is 16.7 Å². The SMILES string of the molecule is CN1CCN(C(c2ccco2)c2sc3nc(-c4ccco4)nn3c2O)CC1. The summed E-state index contributed by atoms with van der Waals surface area (Å²) < 4.78 is 12.5. The van der Waals surface area contributed by atoms with Gasteiger partial charge in [0.15, 0.2) is 5.76 Å². The molecule has 9 heteroatoms. The number of hydrogen-bond donors (Lipinski definition) is 1. The van der Waals surface area contributed by atoms with Gasteiger partial charge in [-0.2, -0.15) is 9.50 Å². The fraction of sp³-hybridized carbons (Fsp3) is 0.333. The number of furan rings is 2. The number of piperazine rings is 1. The monoisotopic (exact) mass is 385 g/mol. The molecule has 1 N–H and O–H groups in total. The number of aromatic hydroxyl groups is 1. The summed E-state index contributed by atoms with van der Waals surface area (Å²) in [6.45, 7) is 3.74. The third kappa shape index (κ3) is 2.84. The molecule has 5 rings (SSSR count). The van der Waals surface area contributed by atoms with Gasteiger partial charge in [-0.3, -0.25) is 4.90 Å². The van der Waals surface area contributed by atoms with E-state index < -0.39 is 0 Å². The van der Waals surface area contributed by atoms with Crippen LogP contribution in [0.4, 0.5) is 0 Å². The van der Waals surface area contributed by atoms with Crippen molar-refractivity contribution < 1.29 is 13.9 Å². The number of thiazole rings is 1. The van der Waals surface area contributed by atoms with Gasteiger partial charge in [0.25, 0.3) is 0 Å². The predicted molar refractivity (Wildman–Crippen MR) is 99.9 cm³/mol. The van der Waals surface area contributed by atoms with Crippen molar-refractivity contribution in [3.05, 3.63) is 47.4 Å². The first-order chi connectivity index (χ1) is 13.2. The minimum Gasteiger partial charge on any atom is -0.492 e. The van der Waals surface area contributed by atoms with Crippen LogP contribution < -0.4 is 0 Å². The fourth-order valence-electron chi connectivity index (χ4n) is 3.44. The van der Waals surface area contributed by atoms with E-state index in [2.05, 4.69) is 26.9 Å². The Hall–Kier alpha value is -2.62. The maximum absolute atomic E-state index is 10.9. The summed E-state index contributed by atoms with van der Waals surface area (Å²) in [6.07, 6.45) is 3.25. The van der Waals surface area contributed by atoms with Gasteiger partial charge in [0.05, 0.1) is 17.4 Å². The highest BCUT2D eigenvalue weighted by atomic mass is 32.1. The molecule has 4 aromatic heterocycles. The molecule has 8 nitrogen and oxygen atoms in total. The molecule has 0 spiro atoms. The number of nitrogens with zero attached hydrogens (tertiary/aromatic N) is 5. The molecule has 1 saturated heterocycles. The summed E-state index contributed by atoms with van der Waals surface area (Å²) in [6, 6.07) is 7.26. The quantitative estimate of drug-likeness (QED) is 0.578. The average Bonchev–Trinajstić information content (AvgIpc) is 3.44. The standard InChI is InChI=1S/C18H19N5O3S/c1-21-6-8-22(9-7-21)14(12-4-2-10-25-12)15-17(24)23-18(27-15)19-16(20-23)13-5-3-11-26-13/h2-5,10-11,14,24H,6-9H2,1H3. The minimum atomic E-state index is -0.158. The van der Waals surface area contributed by atoms with Gasteiger partial charge in [-0.25, -0.2) is 0 Å². The summed E-state index contributed by atoms with van der Waals surface area (Å²) in [5.74, 6) is 1.95. The van der Waals surface area contributed by atoms with Crippen LogP contribution in [0, 0.1) is 0 Å². The van der Waals surface area contributed by atoms with E-state index in [0.29, 0.717) is 16.5 Å². The van der Waals surface area contributed by atoms with E-state index in [9.17, 15) is 5.11 Å². The normalized spacial score (nSPS) is 17.7. The molecular weight excluding hydrogens is 366 g/mol. The van der Waals surface area contributed by atoms with E-state index in [1.54, 1.807) is 24.7 Å². The summed E-state index contributed by atoms with van der Waals surface area (Å²) in [5.41, 5.74) is 0. The number of rotatable bonds is 4. The zero-order chi connectivity index (χ0) is 18.4. The van der Waals surface area contributed by atoms with Gasteiger partial charge in [-0.05, 0) is 31.3 Å². The van der Waals surface area contributed by atoms with Gasteiger partial charge in [0, 0.05) is 26.2 Å². The van der Waals surface area contributed by atoms with Gasteiger partial charge in [-0.1, -0.05) is 11.3 Å². The second-order valence-electron chi connectivity index (χ2n) is 6.65. The molecule has 0 amide bonds. The van der Waals surface area contributed by atoms with Crippen LogP contribution in [-0.4, -0.2) is 62.7 Å². The van der Waals surface area contributed by atoms with Gasteiger partial charge >= 0.3 is 0 Å². The number of aromatic nitrogens is 3. The van der Waals surface area contributed by atoms with E-state index >= 15 is 0 Å². The predicted octanol–water partition coefficient (Wildman–Crippen LogP) is 2.69. The van der Waals surface area contributed by atoms with Crippen molar-refractivity contribution in [1.29, 1.82) is 0 Å². The smallest absolute Gasteiger partial charge is 0.230 e. The Bertz CT molecular complexity index is 1030. The summed E-state index contributed by atoms with van der Waals surface area (Å²) in [5, 5.41) is 15.3. The molecule has 1 unspecified atom stereocenters. The largest absolute Gasteiger partial charge is 0.492 e. The molecule has 0 aliphatic carbocycles. The first-order valence-electron chi connectivity index (χ1n) is 8.79. The van der Waals surface area contributed by atoms with E-state index in [1.807, 2.05) is 12.1 Å². The number of fused-ring (bicyclic) bond motifs is 1. The van der Waals surface area contributed by atoms with Crippen molar-refractivity contribution in [2.75, 3.05) is 33.2 Å². The van der Waals surface area contributed by atoms with E-state index in [0.717, 1.165) is 36.8 Å². The van der Waals surface area contributed by atoms with Crippen molar-refractivity contribution in [3.63, 3.8) is 0 Å². The maximum Gasteiger partial charge on any atom is 0.230 e. The number of hydrogen-bond acceptors (Lipinski definition) is 8. The molecule has 0 aromatic carbocycles. The third-order valence-electron chi connectivity index (χ3n) is 4.91. The molecule has 1 aliphatic heterocycles. The molecule has 1 atom stereocenters. The Labute approximate surface area is 159 Å². The van der Waals surface area contributed by atoms with E-state index in [1.165, 1.54) is 15.9 Å². The second kappa shape index (κ2) is 6.52. The van der Waals surface area contributed by atoms with Crippen LogP contribution >= 0.6 is 11.3 Å². The second-order valence-corrected chi connectivity index (χ2v) is 7.66. The Morgan fingerprint density at radius 2 is 1.89 bits per heavy atom. The molecule has 1 fully saturated rings. The average molecular weight is 385 g/mol. The minimum absolute atomic E-state index is 0.0978. The molecular formula is C18H19N5O3S. The highest BCUT2D eigenvalue weighted by Crippen LogP contribution is 2.40. The topological polar surface area (TPSA) is 83.2 Å². The molecule has 27 heavy (non-hydrogen) atoms. The van der Waals surface area contributed by atoms with Crippen molar-refractivity contribution in [2.24, 2.45) is 0 Å². The lowest BCUT2D eigenvalue weighted by Crippen LogP contribution is -2.46. The van der Waals surface area contributed by atoms with E-state index in [-0.39, 0.29) is 11.9 Å². The van der Waals surface area contributed by atoms with Crippen molar-refractivity contribution in [2.45, 2.75) is 6.04 Å². The molecule has 1 aliphatic rings. The Morgan fingerprint density at radius 1 is 1.11 bits per heavy atom. The highest BCUT2D eigenvalue weighted by Gasteiger charge is 2.33. The molecule has 4 aromatic rings. The Morgan fingerprint density at radius 3 is 2.56 bits per heavy atom. The van der Waals surface area contributed by atoms with Gasteiger partial charge in [0.1, 0.15) is 11.8 Å². The lowest BCUT2D eigenvalue weighted by molar-refractivity contribution is 0.117. The summed E-state index contributed by atoms with van der Waals surface area (Å²) >= 11 is 1.43. The Kier molecular flexibility index (Phi) is 4.00. The molecule has 140 valence electrons. The Balaban J connectivity index is 1.56. The first kappa shape index (κ1) is 16.5. The van der Waals surface area contributed by atoms with Crippen LogP contribution in [0.2, 0.25) is 0 Å². The lowest BCUT2D eigenvalue weighted by Gasteiger charge is -2.36. The molecule has 0 bridgehead atoms. The van der Waals surface area contributed by atoms with Gasteiger partial charge < -0.3 is 18.8 Å². The van der Waals surface area contributed by atoms with Crippen LogP contribution in [0.3, 0.4) is 0 Å².